The van der Waals surface area contributed by atoms with E-state index in [1.54, 1.807) is 12.5 Å². The van der Waals surface area contributed by atoms with Crippen molar-refractivity contribution < 1.29 is 55.2 Å². The summed E-state index contributed by atoms with van der Waals surface area (Å²) in [5.41, 5.74) is 0. The average molecular weight is 464 g/mol. The smallest absolute Gasteiger partial charge is 0.813 e. The summed E-state index contributed by atoms with van der Waals surface area (Å²) < 4.78 is 0. The van der Waals surface area contributed by atoms with Crippen molar-refractivity contribution in [1.29, 1.82) is 0 Å². The second kappa shape index (κ2) is 238. The van der Waals surface area contributed by atoms with Crippen molar-refractivity contribution in [2.45, 2.75) is 0 Å². The zero-order valence-electron chi connectivity index (χ0n) is 7.72. The molecule has 0 aliphatic rings. The minimum atomic E-state index is 0. The Morgan fingerprint density at radius 2 is 0.615 bits per heavy atom. The van der Waals surface area contributed by atoms with Gasteiger partial charge in [-0.1, -0.05) is 0 Å². The second-order valence-electron chi connectivity index (χ2n) is 0. The minimum Gasteiger partial charge on any atom is -0.813 e. The standard InChI is InChI=1S/2CH4S.2CH3.2Fe.Mo.4H2S/c2*1-2;;;;;;;;;/h2*2H,1H3;2*1H3;;;;4*1H2/q;;2*-1;+2;+4;+2;;;;/p-6. The molecule has 0 aromatic rings. The van der Waals surface area contributed by atoms with Crippen LogP contribution in [-0.4, -0.2) is 12.5 Å². The fourth-order valence-corrected chi connectivity index (χ4v) is 0. The zero-order valence-corrected chi connectivity index (χ0v) is 17.1. The van der Waals surface area contributed by atoms with Crippen molar-refractivity contribution in [1.82, 2.24) is 0 Å². The first-order valence-corrected chi connectivity index (χ1v) is 2.45. The molecular weight excluding hydrogens is 448 g/mol. The van der Waals surface area contributed by atoms with E-state index in [0.29, 0.717) is 0 Å². The number of hydrogen-bond donors (Lipinski definition) is 0. The van der Waals surface area contributed by atoms with Gasteiger partial charge in [0.2, 0.25) is 0 Å². The molecule has 0 atom stereocenters. The third-order valence-corrected chi connectivity index (χ3v) is 0. The van der Waals surface area contributed by atoms with Crippen molar-refractivity contribution in [2.75, 3.05) is 12.5 Å². The molecule has 0 N–H and O–H groups in total. The summed E-state index contributed by atoms with van der Waals surface area (Å²) in [5, 5.41) is 0. The summed E-state index contributed by atoms with van der Waals surface area (Å²) in [6.45, 7) is 0. The molecule has 9 heteroatoms. The third kappa shape index (κ3) is 207. The van der Waals surface area contributed by atoms with Crippen molar-refractivity contribution >= 4 is 79.2 Å². The normalized spacial score (nSPS) is 0.923. The van der Waals surface area contributed by atoms with Crippen LogP contribution < -0.4 is 0 Å². The van der Waals surface area contributed by atoms with Crippen LogP contribution in [-0.2, 0) is 134 Å². The van der Waals surface area contributed by atoms with Crippen LogP contribution in [0.2, 0.25) is 0 Å². The van der Waals surface area contributed by atoms with Gasteiger partial charge in [0.15, 0.2) is 0 Å². The first kappa shape index (κ1) is 124. The van der Waals surface area contributed by atoms with E-state index in [4.69, 9.17) is 0 Å². The number of hydrogen-bond acceptors (Lipinski definition) is 6. The third-order valence-electron chi connectivity index (χ3n) is 0. The summed E-state index contributed by atoms with van der Waals surface area (Å²) in [6, 6.07) is 0. The van der Waals surface area contributed by atoms with Crippen molar-refractivity contribution in [3.05, 3.63) is 14.9 Å². The molecule has 0 nitrogen and oxygen atoms in total. The van der Waals surface area contributed by atoms with Gasteiger partial charge in [-0.2, -0.15) is 12.5 Å². The summed E-state index contributed by atoms with van der Waals surface area (Å²) in [5.74, 6) is 0. The molecule has 0 saturated carbocycles. The number of rotatable bonds is 0. The maximum absolute atomic E-state index is 4.08. The molecule has 0 aliphatic carbocycles. The largest absolute Gasteiger partial charge is 4.00 e. The molecule has 90 valence electrons. The van der Waals surface area contributed by atoms with Gasteiger partial charge in [0.25, 0.3) is 0 Å². The van der Waals surface area contributed by atoms with Crippen LogP contribution in [0.15, 0.2) is 0 Å². The first-order chi connectivity index (χ1) is 2.00. The molecule has 0 aromatic heterocycles. The number of thiol groups is 4. The molecule has 0 unspecified atom stereocenters. The molecule has 0 fully saturated rings. The van der Waals surface area contributed by atoms with E-state index in [2.05, 4.69) is 25.3 Å². The van der Waals surface area contributed by atoms with E-state index in [1.807, 2.05) is 0 Å². The van der Waals surface area contributed by atoms with Crippen LogP contribution in [0.25, 0.3) is 0 Å². The van der Waals surface area contributed by atoms with Gasteiger partial charge in [0.05, 0.1) is 0 Å². The molecule has 0 amide bonds. The summed E-state index contributed by atoms with van der Waals surface area (Å²) in [6.07, 6.45) is 3.17. The maximum Gasteiger partial charge on any atom is 4.00 e. The van der Waals surface area contributed by atoms with Gasteiger partial charge in [-0.25, -0.2) is 0 Å². The minimum absolute atomic E-state index is 0. The van der Waals surface area contributed by atoms with Gasteiger partial charge >= 0.3 is 55.2 Å². The Bertz CT molecular complexity index is 22.6. The quantitative estimate of drug-likeness (QED) is 0.215. The van der Waals surface area contributed by atoms with Crippen LogP contribution >= 0.6 is 0 Å². The Labute approximate surface area is 160 Å². The zero-order chi connectivity index (χ0) is 4.00. The van der Waals surface area contributed by atoms with E-state index in [9.17, 15) is 0 Å². The molecule has 0 aromatic carbocycles. The molecule has 0 radical (unpaired) electrons. The fourth-order valence-electron chi connectivity index (χ4n) is 0. The van der Waals surface area contributed by atoms with Crippen LogP contribution in [0.5, 0.6) is 0 Å². The fraction of sp³-hybridized carbons (Fsp3) is 0.500. The van der Waals surface area contributed by atoms with Crippen molar-refractivity contribution in [3.8, 4) is 0 Å². The topological polar surface area (TPSA) is 0 Å². The molecule has 0 aliphatic heterocycles. The van der Waals surface area contributed by atoms with Gasteiger partial charge in [0.1, 0.15) is 0 Å². The van der Waals surface area contributed by atoms with E-state index in [-0.39, 0.29) is 124 Å². The molecule has 0 saturated heterocycles. The molecule has 0 rings (SSSR count). The average Bonchev–Trinajstić information content (AvgIpc) is 1.50. The molecule has 0 spiro atoms. The SMILES string of the molecule is C[S-].C[S-].[CH3-].[CH3-].[Fe+2].[Fe+4].[Mo+2].[SH-].[SH-].[SH-].[SH-]. The van der Waals surface area contributed by atoms with Crippen LogP contribution in [0.4, 0.5) is 0 Å². The summed E-state index contributed by atoms with van der Waals surface area (Å²) >= 11 is 8.17. The Morgan fingerprint density at radius 3 is 0.615 bits per heavy atom. The molecule has 13 heavy (non-hydrogen) atoms. The van der Waals surface area contributed by atoms with E-state index in [0.717, 1.165) is 0 Å². The first-order valence-electron chi connectivity index (χ1n) is 0.816. The van der Waals surface area contributed by atoms with Crippen LogP contribution in [0.1, 0.15) is 0 Å². The predicted octanol–water partition coefficient (Wildman–Crippen LogP) is 0.139. The second-order valence-corrected chi connectivity index (χ2v) is 0. The molecule has 0 bridgehead atoms. The maximum atomic E-state index is 4.08. The van der Waals surface area contributed by atoms with Gasteiger partial charge < -0.3 is 94.1 Å². The summed E-state index contributed by atoms with van der Waals surface area (Å²) in [4.78, 5) is 0. The van der Waals surface area contributed by atoms with Crippen molar-refractivity contribution in [2.24, 2.45) is 0 Å². The Morgan fingerprint density at radius 1 is 0.615 bits per heavy atom. The van der Waals surface area contributed by atoms with Crippen molar-refractivity contribution in [3.63, 3.8) is 0 Å². The molecular formula is C4H16Fe2MoS6. The monoisotopic (exact) mass is 466 g/mol. The summed E-state index contributed by atoms with van der Waals surface area (Å²) in [7, 11) is 0. The van der Waals surface area contributed by atoms with Gasteiger partial charge in [-0.05, 0) is 0 Å². The van der Waals surface area contributed by atoms with E-state index in [1.165, 1.54) is 0 Å². The van der Waals surface area contributed by atoms with E-state index >= 15 is 0 Å². The van der Waals surface area contributed by atoms with Gasteiger partial charge in [-0.3, -0.25) is 0 Å². The Kier molecular flexibility index (Phi) is 2270. The van der Waals surface area contributed by atoms with Crippen LogP contribution in [0, 0.1) is 14.9 Å². The molecule has 0 heterocycles. The van der Waals surface area contributed by atoms with E-state index < -0.39 is 0 Å². The Hall–Kier alpha value is 3.83. The van der Waals surface area contributed by atoms with Gasteiger partial charge in [-0.15, -0.1) is 0 Å². The van der Waals surface area contributed by atoms with Crippen LogP contribution in [0.3, 0.4) is 0 Å². The predicted molar refractivity (Wildman–Crippen MR) is 74.4 cm³/mol. The Balaban J connectivity index is -0.000000000404. The van der Waals surface area contributed by atoms with Gasteiger partial charge in [0, 0.05) is 0 Å².